The van der Waals surface area contributed by atoms with Gasteiger partial charge in [-0.25, -0.2) is 0 Å². The molecule has 1 aromatic heterocycles. The van der Waals surface area contributed by atoms with Crippen molar-refractivity contribution in [2.75, 3.05) is 0 Å². The molecular weight excluding hydrogens is 152 g/mol. The van der Waals surface area contributed by atoms with E-state index in [1.54, 1.807) is 20.8 Å². The third kappa shape index (κ3) is 1.39. The fourth-order valence-corrected chi connectivity index (χ4v) is 0.725. The van der Waals surface area contributed by atoms with Gasteiger partial charge in [0.25, 0.3) is 0 Å². The van der Waals surface area contributed by atoms with E-state index in [0.29, 0.717) is 0 Å². The first-order valence-corrected chi connectivity index (χ1v) is 3.24. The molecule has 4 heteroatoms. The van der Waals surface area contributed by atoms with Crippen LogP contribution in [0, 0.1) is 11.8 Å². The highest BCUT2D eigenvalue weighted by Gasteiger charge is 2.26. The molecule has 0 saturated heterocycles. The maximum Gasteiger partial charge on any atom is 0.341 e. The maximum absolute atomic E-state index is 12.7. The zero-order chi connectivity index (χ0) is 8.65. The summed E-state index contributed by atoms with van der Waals surface area (Å²) in [6, 6.07) is -1.24. The van der Waals surface area contributed by atoms with Crippen molar-refractivity contribution >= 4 is 0 Å². The molecule has 1 aromatic rings. The van der Waals surface area contributed by atoms with E-state index in [2.05, 4.69) is 9.68 Å². The quantitative estimate of drug-likeness (QED) is 0.583. The fraction of sp³-hybridized carbons (Fsp3) is 0.571. The molecule has 0 spiro atoms. The highest BCUT2D eigenvalue weighted by molar-refractivity contribution is 5.11. The maximum atomic E-state index is 12.7. The van der Waals surface area contributed by atoms with Crippen molar-refractivity contribution in [1.29, 1.82) is 0 Å². The predicted octanol–water partition coefficient (Wildman–Crippen LogP) is 2.25. The Morgan fingerprint density at radius 1 is 1.27 bits per heavy atom. The third-order valence-electron chi connectivity index (χ3n) is 1.31. The summed E-state index contributed by atoms with van der Waals surface area (Å²) in [5.41, 5.74) is -0.493. The van der Waals surface area contributed by atoms with E-state index >= 15 is 0 Å². The topological polar surface area (TPSA) is 26.0 Å². The lowest BCUT2D eigenvalue weighted by Crippen LogP contribution is -2.13. The zero-order valence-electron chi connectivity index (χ0n) is 6.61. The first-order valence-electron chi connectivity index (χ1n) is 3.24. The van der Waals surface area contributed by atoms with Crippen molar-refractivity contribution < 1.29 is 13.3 Å². The Morgan fingerprint density at radius 3 is 2.00 bits per heavy atom. The van der Waals surface area contributed by atoms with E-state index in [1.165, 1.54) is 0 Å². The molecular formula is C7H9F2NO. The van der Waals surface area contributed by atoms with E-state index < -0.39 is 17.2 Å². The van der Waals surface area contributed by atoms with E-state index in [1.807, 2.05) is 0 Å². The van der Waals surface area contributed by atoms with Crippen LogP contribution < -0.4 is 0 Å². The molecule has 1 rings (SSSR count). The van der Waals surface area contributed by atoms with Crippen LogP contribution in [0.4, 0.5) is 8.78 Å². The van der Waals surface area contributed by atoms with Crippen molar-refractivity contribution in [2.45, 2.75) is 26.2 Å². The zero-order valence-corrected chi connectivity index (χ0v) is 6.61. The van der Waals surface area contributed by atoms with Crippen molar-refractivity contribution in [3.8, 4) is 0 Å². The molecule has 0 saturated carbocycles. The van der Waals surface area contributed by atoms with Crippen LogP contribution in [0.15, 0.2) is 4.52 Å². The molecule has 0 bridgehead atoms. The van der Waals surface area contributed by atoms with E-state index in [9.17, 15) is 8.78 Å². The van der Waals surface area contributed by atoms with Crippen LogP contribution in [0.2, 0.25) is 0 Å². The Kier molecular flexibility index (Phi) is 1.70. The summed E-state index contributed by atoms with van der Waals surface area (Å²) < 4.78 is 29.0. The van der Waals surface area contributed by atoms with Crippen LogP contribution in [0.25, 0.3) is 0 Å². The Morgan fingerprint density at radius 2 is 1.82 bits per heavy atom. The lowest BCUT2D eigenvalue weighted by Gasteiger charge is -2.12. The van der Waals surface area contributed by atoms with Gasteiger partial charge >= 0.3 is 6.01 Å². The molecule has 0 aliphatic carbocycles. The van der Waals surface area contributed by atoms with Gasteiger partial charge in [-0.1, -0.05) is 25.9 Å². The molecule has 62 valence electrons. The number of rotatable bonds is 0. The smallest absolute Gasteiger partial charge is 0.322 e. The van der Waals surface area contributed by atoms with Crippen molar-refractivity contribution in [3.63, 3.8) is 0 Å². The molecule has 0 amide bonds. The number of aromatic nitrogens is 1. The monoisotopic (exact) mass is 161 g/mol. The number of hydrogen-bond acceptors (Lipinski definition) is 2. The number of halogens is 2. The summed E-state index contributed by atoms with van der Waals surface area (Å²) in [6.07, 6.45) is 0. The summed E-state index contributed by atoms with van der Waals surface area (Å²) in [4.78, 5) is 0. The highest BCUT2D eigenvalue weighted by atomic mass is 19.2. The second kappa shape index (κ2) is 2.29. The lowest BCUT2D eigenvalue weighted by atomic mass is 9.92. The first kappa shape index (κ1) is 8.17. The van der Waals surface area contributed by atoms with Gasteiger partial charge in [0.15, 0.2) is 0 Å². The molecule has 0 aliphatic rings. The van der Waals surface area contributed by atoms with E-state index in [0.717, 1.165) is 0 Å². The molecule has 0 unspecified atom stereocenters. The summed E-state index contributed by atoms with van der Waals surface area (Å²) >= 11 is 0. The molecule has 1 heterocycles. The highest BCUT2D eigenvalue weighted by Crippen LogP contribution is 2.24. The largest absolute Gasteiger partial charge is 0.341 e. The fourth-order valence-electron chi connectivity index (χ4n) is 0.725. The summed E-state index contributed by atoms with van der Waals surface area (Å²) in [5, 5.41) is 3.26. The SMILES string of the molecule is CC(C)(C)c1noc(F)c1F. The van der Waals surface area contributed by atoms with Crippen molar-refractivity contribution in [2.24, 2.45) is 0 Å². The van der Waals surface area contributed by atoms with Gasteiger partial charge in [0.1, 0.15) is 5.69 Å². The molecule has 11 heavy (non-hydrogen) atoms. The lowest BCUT2D eigenvalue weighted by molar-refractivity contribution is 0.263. The van der Waals surface area contributed by atoms with E-state index in [-0.39, 0.29) is 5.69 Å². The minimum Gasteiger partial charge on any atom is -0.322 e. The van der Waals surface area contributed by atoms with Crippen LogP contribution in [-0.2, 0) is 5.41 Å². The van der Waals surface area contributed by atoms with Gasteiger partial charge in [-0.3, -0.25) is 0 Å². The second-order valence-corrected chi connectivity index (χ2v) is 3.37. The summed E-state index contributed by atoms with van der Waals surface area (Å²) in [6.45, 7) is 5.19. The molecule has 0 N–H and O–H groups in total. The average molecular weight is 161 g/mol. The van der Waals surface area contributed by atoms with Gasteiger partial charge in [-0.2, -0.15) is 8.78 Å². The van der Waals surface area contributed by atoms with Crippen LogP contribution >= 0.6 is 0 Å². The Bertz CT molecular complexity index is 262. The third-order valence-corrected chi connectivity index (χ3v) is 1.31. The number of nitrogens with zero attached hydrogens (tertiary/aromatic N) is 1. The van der Waals surface area contributed by atoms with Gasteiger partial charge in [0, 0.05) is 5.41 Å². The van der Waals surface area contributed by atoms with Crippen molar-refractivity contribution in [1.82, 2.24) is 5.16 Å². The molecule has 0 fully saturated rings. The predicted molar refractivity (Wildman–Crippen MR) is 35.1 cm³/mol. The molecule has 0 aliphatic heterocycles. The van der Waals surface area contributed by atoms with Gasteiger partial charge in [-0.05, 0) is 0 Å². The van der Waals surface area contributed by atoms with Crippen molar-refractivity contribution in [3.05, 3.63) is 17.5 Å². The van der Waals surface area contributed by atoms with Crippen LogP contribution in [-0.4, -0.2) is 5.16 Å². The minimum absolute atomic E-state index is 0.0231. The Hall–Kier alpha value is -0.930. The number of hydrogen-bond donors (Lipinski definition) is 0. The second-order valence-electron chi connectivity index (χ2n) is 3.37. The van der Waals surface area contributed by atoms with Gasteiger partial charge < -0.3 is 4.52 Å². The molecule has 2 nitrogen and oxygen atoms in total. The minimum atomic E-state index is -1.24. The van der Waals surface area contributed by atoms with Crippen LogP contribution in [0.3, 0.4) is 0 Å². The average Bonchev–Trinajstić information content (AvgIpc) is 2.11. The Balaban J connectivity index is 3.15. The molecule has 0 aromatic carbocycles. The Labute approximate surface area is 63.2 Å². The van der Waals surface area contributed by atoms with E-state index in [4.69, 9.17) is 0 Å². The van der Waals surface area contributed by atoms with Crippen LogP contribution in [0.1, 0.15) is 26.5 Å². The first-order chi connectivity index (χ1) is 4.93. The molecule has 0 atom stereocenters. The van der Waals surface area contributed by atoms with Gasteiger partial charge in [-0.15, -0.1) is 0 Å². The van der Waals surface area contributed by atoms with Gasteiger partial charge in [0.05, 0.1) is 0 Å². The normalized spacial score (nSPS) is 12.1. The summed E-state index contributed by atoms with van der Waals surface area (Å²) in [7, 11) is 0. The summed E-state index contributed by atoms with van der Waals surface area (Å²) in [5.74, 6) is -0.988. The van der Waals surface area contributed by atoms with Crippen LogP contribution in [0.5, 0.6) is 0 Å². The van der Waals surface area contributed by atoms with Gasteiger partial charge in [0.2, 0.25) is 5.82 Å². The molecule has 0 radical (unpaired) electrons. The standard InChI is InChI=1S/C7H9F2NO/c1-7(2,3)5-4(8)6(9)11-10-5/h1-3H3.